The van der Waals surface area contributed by atoms with Gasteiger partial charge in [0.1, 0.15) is 11.8 Å². The largest absolute Gasteiger partial charge is 0.382 e. The summed E-state index contributed by atoms with van der Waals surface area (Å²) in [7, 11) is 1.91. The Labute approximate surface area is 231 Å². The van der Waals surface area contributed by atoms with Gasteiger partial charge in [-0.2, -0.15) is 15.3 Å². The average molecular weight is 538 g/mol. The van der Waals surface area contributed by atoms with E-state index in [2.05, 4.69) is 31.0 Å². The molecule has 2 fully saturated rings. The molecule has 4 aromatic heterocycles. The Morgan fingerprint density at radius 3 is 2.62 bits per heavy atom. The van der Waals surface area contributed by atoms with Crippen molar-refractivity contribution in [1.29, 1.82) is 0 Å². The molecule has 11 heteroatoms. The van der Waals surface area contributed by atoms with Crippen LogP contribution in [-0.2, 0) is 18.3 Å². The average Bonchev–Trinajstić information content (AvgIpc) is 3.36. The lowest BCUT2D eigenvalue weighted by Gasteiger charge is -2.24. The standard InChI is InChI=1S/C29H31N9O2/c1-35-23(7-11-32-35)17-36(21-5-6-21)29(39)20-4-2-3-19(15-20)26-16-24(27-28(30)31-18-34-38(26)27)25-8-12-33-37(25)22-9-13-40-14-10-22/h2-4,7-8,11-12,15-16,18,21-22H,5-6,9-10,13-14,17H2,1H3,(H2,30,31,34). The molecule has 1 saturated carbocycles. The fourth-order valence-electron chi connectivity index (χ4n) is 5.68. The fraction of sp³-hybridized carbons (Fsp3) is 0.345. The van der Waals surface area contributed by atoms with Crippen molar-refractivity contribution >= 4 is 17.2 Å². The molecule has 0 atom stereocenters. The van der Waals surface area contributed by atoms with Crippen LogP contribution in [0.15, 0.2) is 61.2 Å². The number of carbonyl (C=O) groups is 1. The molecule has 2 aliphatic rings. The highest BCUT2D eigenvalue weighted by Gasteiger charge is 2.34. The first-order chi connectivity index (χ1) is 19.6. The van der Waals surface area contributed by atoms with Crippen LogP contribution in [-0.4, -0.2) is 64.2 Å². The van der Waals surface area contributed by atoms with Gasteiger partial charge >= 0.3 is 0 Å². The molecule has 204 valence electrons. The Balaban J connectivity index is 1.28. The predicted molar refractivity (Wildman–Crippen MR) is 149 cm³/mol. The number of hydrogen-bond donors (Lipinski definition) is 1. The van der Waals surface area contributed by atoms with Gasteiger partial charge in [-0.3, -0.25) is 14.2 Å². The van der Waals surface area contributed by atoms with Crippen LogP contribution in [0.1, 0.15) is 47.8 Å². The van der Waals surface area contributed by atoms with E-state index in [1.54, 1.807) is 6.20 Å². The molecule has 40 heavy (non-hydrogen) atoms. The van der Waals surface area contributed by atoms with Crippen molar-refractivity contribution in [3.63, 3.8) is 0 Å². The summed E-state index contributed by atoms with van der Waals surface area (Å²) < 4.78 is 11.3. The number of amides is 1. The third-order valence-corrected chi connectivity index (χ3v) is 7.97. The van der Waals surface area contributed by atoms with Crippen molar-refractivity contribution in [2.24, 2.45) is 7.05 Å². The molecule has 1 aromatic carbocycles. The second kappa shape index (κ2) is 9.91. The lowest BCUT2D eigenvalue weighted by atomic mass is 10.1. The van der Waals surface area contributed by atoms with Crippen molar-refractivity contribution < 1.29 is 9.53 Å². The number of benzene rings is 1. The van der Waals surface area contributed by atoms with Gasteiger partial charge in [-0.05, 0) is 56.0 Å². The molecule has 0 radical (unpaired) electrons. The van der Waals surface area contributed by atoms with Gasteiger partial charge in [0.05, 0.1) is 29.7 Å². The highest BCUT2D eigenvalue weighted by atomic mass is 16.5. The Hall–Kier alpha value is -4.51. The van der Waals surface area contributed by atoms with E-state index in [-0.39, 0.29) is 18.0 Å². The number of aryl methyl sites for hydroxylation is 1. The van der Waals surface area contributed by atoms with Crippen molar-refractivity contribution in [2.75, 3.05) is 18.9 Å². The Morgan fingerprint density at radius 1 is 1.02 bits per heavy atom. The van der Waals surface area contributed by atoms with E-state index in [1.807, 2.05) is 63.7 Å². The molecule has 7 rings (SSSR count). The van der Waals surface area contributed by atoms with Gasteiger partial charge in [0.2, 0.25) is 0 Å². The summed E-state index contributed by atoms with van der Waals surface area (Å²) in [4.78, 5) is 20.1. The summed E-state index contributed by atoms with van der Waals surface area (Å²) in [6, 6.07) is 14.3. The summed E-state index contributed by atoms with van der Waals surface area (Å²) in [6.07, 6.45) is 8.90. The van der Waals surface area contributed by atoms with Crippen molar-refractivity contribution in [3.05, 3.63) is 72.4 Å². The maximum Gasteiger partial charge on any atom is 0.254 e. The van der Waals surface area contributed by atoms with Crippen LogP contribution >= 0.6 is 0 Å². The zero-order valence-corrected chi connectivity index (χ0v) is 22.3. The minimum atomic E-state index is 0.0124. The quantitative estimate of drug-likeness (QED) is 0.336. The number of rotatable bonds is 7. The van der Waals surface area contributed by atoms with Gasteiger partial charge in [0.25, 0.3) is 5.91 Å². The highest BCUT2D eigenvalue weighted by Crippen LogP contribution is 2.37. The molecular weight excluding hydrogens is 506 g/mol. The molecule has 0 spiro atoms. The number of fused-ring (bicyclic) bond motifs is 1. The summed E-state index contributed by atoms with van der Waals surface area (Å²) in [6.45, 7) is 1.97. The second-order valence-electron chi connectivity index (χ2n) is 10.5. The Bertz CT molecular complexity index is 1690. The molecule has 11 nitrogen and oxygen atoms in total. The molecule has 1 aliphatic carbocycles. The number of nitrogen functional groups attached to an aromatic ring is 1. The lowest BCUT2D eigenvalue weighted by molar-refractivity contribution is 0.0667. The molecule has 1 amide bonds. The molecule has 0 bridgehead atoms. The van der Waals surface area contributed by atoms with Gasteiger partial charge in [-0.15, -0.1) is 0 Å². The third-order valence-electron chi connectivity index (χ3n) is 7.97. The van der Waals surface area contributed by atoms with Crippen LogP contribution in [0.2, 0.25) is 0 Å². The van der Waals surface area contributed by atoms with Crippen molar-refractivity contribution in [3.8, 4) is 22.5 Å². The maximum atomic E-state index is 13.8. The van der Waals surface area contributed by atoms with Crippen LogP contribution in [0.3, 0.4) is 0 Å². The highest BCUT2D eigenvalue weighted by molar-refractivity contribution is 5.97. The smallest absolute Gasteiger partial charge is 0.254 e. The molecule has 0 unspecified atom stereocenters. The lowest BCUT2D eigenvalue weighted by Crippen LogP contribution is -2.33. The van der Waals surface area contributed by atoms with E-state index in [4.69, 9.17) is 10.5 Å². The zero-order chi connectivity index (χ0) is 27.2. The van der Waals surface area contributed by atoms with Gasteiger partial charge in [-0.25, -0.2) is 9.50 Å². The monoisotopic (exact) mass is 537 g/mol. The van der Waals surface area contributed by atoms with E-state index >= 15 is 0 Å². The van der Waals surface area contributed by atoms with E-state index < -0.39 is 0 Å². The number of nitrogens with zero attached hydrogens (tertiary/aromatic N) is 8. The molecular formula is C29H31N9O2. The summed E-state index contributed by atoms with van der Waals surface area (Å²) in [5.41, 5.74) is 12.4. The van der Waals surface area contributed by atoms with E-state index in [9.17, 15) is 4.79 Å². The van der Waals surface area contributed by atoms with Gasteiger partial charge in [0, 0.05) is 55.4 Å². The zero-order valence-electron chi connectivity index (χ0n) is 22.3. The van der Waals surface area contributed by atoms with Gasteiger partial charge in [0.15, 0.2) is 5.82 Å². The van der Waals surface area contributed by atoms with Gasteiger partial charge in [-0.1, -0.05) is 12.1 Å². The molecule has 1 aliphatic heterocycles. The van der Waals surface area contributed by atoms with Gasteiger partial charge < -0.3 is 15.4 Å². The third kappa shape index (κ3) is 4.32. The molecule has 5 aromatic rings. The van der Waals surface area contributed by atoms with Crippen molar-refractivity contribution in [1.82, 2.24) is 39.1 Å². The van der Waals surface area contributed by atoms with E-state index in [0.29, 0.717) is 17.9 Å². The van der Waals surface area contributed by atoms with Crippen molar-refractivity contribution in [2.45, 2.75) is 44.3 Å². The number of carbonyl (C=O) groups excluding carboxylic acids is 1. The first-order valence-electron chi connectivity index (χ1n) is 13.7. The first kappa shape index (κ1) is 24.5. The summed E-state index contributed by atoms with van der Waals surface area (Å²) in [5.74, 6) is 0.401. The minimum Gasteiger partial charge on any atom is -0.382 e. The predicted octanol–water partition coefficient (Wildman–Crippen LogP) is 3.73. The van der Waals surface area contributed by atoms with E-state index in [0.717, 1.165) is 72.6 Å². The number of ether oxygens (including phenoxy) is 1. The normalized spacial score (nSPS) is 16.0. The second-order valence-corrected chi connectivity index (χ2v) is 10.5. The van der Waals surface area contributed by atoms with Crippen LogP contribution in [0.4, 0.5) is 5.82 Å². The van der Waals surface area contributed by atoms with Crippen LogP contribution < -0.4 is 5.73 Å². The summed E-state index contributed by atoms with van der Waals surface area (Å²) >= 11 is 0. The van der Waals surface area contributed by atoms with Crippen LogP contribution in [0.25, 0.3) is 28.0 Å². The summed E-state index contributed by atoms with van der Waals surface area (Å²) in [5, 5.41) is 13.5. The Kier molecular flexibility index (Phi) is 6.07. The van der Waals surface area contributed by atoms with E-state index in [1.165, 1.54) is 6.33 Å². The SMILES string of the molecule is Cn1nccc1CN(C(=O)c1cccc(-c2cc(-c3ccnn3C3CCOCC3)c3c(N)ncnn23)c1)C1CC1. The number of nitrogens with two attached hydrogens (primary N) is 1. The first-order valence-corrected chi connectivity index (χ1v) is 13.7. The Morgan fingerprint density at radius 2 is 1.85 bits per heavy atom. The minimum absolute atomic E-state index is 0.0124. The van der Waals surface area contributed by atoms with Crippen LogP contribution in [0, 0.1) is 0 Å². The maximum absolute atomic E-state index is 13.8. The number of anilines is 1. The topological polar surface area (TPSA) is 121 Å². The van der Waals surface area contributed by atoms with Crippen LogP contribution in [0.5, 0.6) is 0 Å². The molecule has 5 heterocycles. The number of hydrogen-bond acceptors (Lipinski definition) is 7. The molecule has 2 N–H and O–H groups in total. The number of aromatic nitrogens is 7. The molecule has 1 saturated heterocycles. The fourth-order valence-corrected chi connectivity index (χ4v) is 5.68.